The molecule has 8 heteroatoms. The number of nitrogens with one attached hydrogen (secondary N) is 1. The van der Waals surface area contributed by atoms with Crippen LogP contribution in [0, 0.1) is 11.6 Å². The Hall–Kier alpha value is -1.54. The predicted octanol–water partition coefficient (Wildman–Crippen LogP) is 2.92. The van der Waals surface area contributed by atoms with Crippen LogP contribution in [0.2, 0.25) is 0 Å². The van der Waals surface area contributed by atoms with Gasteiger partial charge in [-0.3, -0.25) is 4.72 Å². The average Bonchev–Trinajstić information content (AvgIpc) is 2.35. The Balaban J connectivity index is 2.37. The highest BCUT2D eigenvalue weighted by Gasteiger charge is 2.19. The minimum Gasteiger partial charge on any atom is -0.263 e. The Morgan fingerprint density at radius 3 is 2.42 bits per heavy atom. The lowest BCUT2D eigenvalue weighted by Crippen LogP contribution is -2.14. The molecule has 0 saturated carbocycles. The van der Waals surface area contributed by atoms with Crippen molar-refractivity contribution in [2.45, 2.75) is 4.90 Å². The van der Waals surface area contributed by atoms with E-state index in [1.807, 2.05) is 0 Å². The summed E-state index contributed by atoms with van der Waals surface area (Å²) in [5.41, 5.74) is 0. The van der Waals surface area contributed by atoms with Gasteiger partial charge < -0.3 is 0 Å². The van der Waals surface area contributed by atoms with Gasteiger partial charge in [0, 0.05) is 4.47 Å². The smallest absolute Gasteiger partial charge is 0.263 e. The molecule has 2 aromatic rings. The van der Waals surface area contributed by atoms with Gasteiger partial charge in [-0.15, -0.1) is 0 Å². The van der Waals surface area contributed by atoms with Crippen LogP contribution in [0.4, 0.5) is 14.6 Å². The molecule has 2 rings (SSSR count). The van der Waals surface area contributed by atoms with Crippen molar-refractivity contribution in [1.82, 2.24) is 4.98 Å². The van der Waals surface area contributed by atoms with E-state index in [-0.39, 0.29) is 15.2 Å². The Labute approximate surface area is 116 Å². The highest BCUT2D eigenvalue weighted by atomic mass is 79.9. The molecule has 4 nitrogen and oxygen atoms in total. The molecule has 19 heavy (non-hydrogen) atoms. The summed E-state index contributed by atoms with van der Waals surface area (Å²) < 4.78 is 52.1. The Morgan fingerprint density at radius 2 is 1.79 bits per heavy atom. The predicted molar refractivity (Wildman–Crippen MR) is 69.1 cm³/mol. The third-order valence-corrected chi connectivity index (χ3v) is 4.50. The molecule has 1 aromatic carbocycles. The fraction of sp³-hybridized carbons (Fsp3) is 0. The van der Waals surface area contributed by atoms with Crippen molar-refractivity contribution in [3.8, 4) is 0 Å². The molecule has 1 heterocycles. The summed E-state index contributed by atoms with van der Waals surface area (Å²) in [6, 6.07) is 5.50. The van der Waals surface area contributed by atoms with Crippen LogP contribution in [0.3, 0.4) is 0 Å². The minimum absolute atomic E-state index is 0.0578. The van der Waals surface area contributed by atoms with Crippen LogP contribution in [0.5, 0.6) is 0 Å². The number of hydrogen-bond donors (Lipinski definition) is 1. The van der Waals surface area contributed by atoms with Gasteiger partial charge in [-0.1, -0.05) is 0 Å². The second kappa shape index (κ2) is 5.22. The first-order valence-electron chi connectivity index (χ1n) is 4.98. The van der Waals surface area contributed by atoms with Gasteiger partial charge in [0.2, 0.25) is 0 Å². The molecule has 0 spiro atoms. The van der Waals surface area contributed by atoms with E-state index in [1.165, 1.54) is 12.1 Å². The largest absolute Gasteiger partial charge is 0.264 e. The van der Waals surface area contributed by atoms with E-state index < -0.39 is 21.7 Å². The SMILES string of the molecule is O=S(=O)(Nc1ccc(F)cn1)c1cc(F)ccc1Br. The summed E-state index contributed by atoms with van der Waals surface area (Å²) >= 11 is 3.02. The first-order chi connectivity index (χ1) is 8.88. The van der Waals surface area contributed by atoms with Gasteiger partial charge >= 0.3 is 0 Å². The number of hydrogen-bond acceptors (Lipinski definition) is 3. The highest BCUT2D eigenvalue weighted by molar-refractivity contribution is 9.10. The number of sulfonamides is 1. The molecule has 0 atom stereocenters. The normalized spacial score (nSPS) is 11.3. The van der Waals surface area contributed by atoms with Gasteiger partial charge in [0.1, 0.15) is 22.3 Å². The molecule has 0 aliphatic carbocycles. The number of anilines is 1. The monoisotopic (exact) mass is 348 g/mol. The zero-order valence-electron chi connectivity index (χ0n) is 9.27. The fourth-order valence-electron chi connectivity index (χ4n) is 1.31. The molecule has 0 bridgehead atoms. The Kier molecular flexibility index (Phi) is 3.81. The van der Waals surface area contributed by atoms with Crippen molar-refractivity contribution < 1.29 is 17.2 Å². The van der Waals surface area contributed by atoms with Crippen LogP contribution >= 0.6 is 15.9 Å². The lowest BCUT2D eigenvalue weighted by molar-refractivity contribution is 0.594. The standard InChI is InChI=1S/C11H7BrF2N2O2S/c12-9-3-1-7(13)5-10(9)19(17,18)16-11-4-2-8(14)6-15-11/h1-6H,(H,15,16). The summed E-state index contributed by atoms with van der Waals surface area (Å²) in [4.78, 5) is 3.30. The van der Waals surface area contributed by atoms with Crippen molar-refractivity contribution in [2.75, 3.05) is 4.72 Å². The molecule has 1 aromatic heterocycles. The molecule has 0 aliphatic heterocycles. The second-order valence-corrected chi connectivity index (χ2v) is 6.05. The average molecular weight is 349 g/mol. The van der Waals surface area contributed by atoms with E-state index in [0.717, 1.165) is 24.4 Å². The number of benzene rings is 1. The number of rotatable bonds is 3. The zero-order valence-corrected chi connectivity index (χ0v) is 11.7. The first-order valence-corrected chi connectivity index (χ1v) is 7.25. The minimum atomic E-state index is -4.00. The van der Waals surface area contributed by atoms with E-state index in [9.17, 15) is 17.2 Å². The fourth-order valence-corrected chi connectivity index (χ4v) is 3.30. The van der Waals surface area contributed by atoms with Gasteiger partial charge in [0.05, 0.1) is 6.20 Å². The molecule has 1 N–H and O–H groups in total. The Morgan fingerprint density at radius 1 is 1.11 bits per heavy atom. The van der Waals surface area contributed by atoms with Crippen molar-refractivity contribution >= 4 is 31.8 Å². The van der Waals surface area contributed by atoms with Crippen molar-refractivity contribution in [3.05, 3.63) is 52.6 Å². The number of pyridine rings is 1. The van der Waals surface area contributed by atoms with E-state index >= 15 is 0 Å². The first kappa shape index (κ1) is 13.9. The van der Waals surface area contributed by atoms with Gasteiger partial charge in [0.15, 0.2) is 0 Å². The quantitative estimate of drug-likeness (QED) is 0.927. The van der Waals surface area contributed by atoms with E-state index in [2.05, 4.69) is 25.6 Å². The lowest BCUT2D eigenvalue weighted by Gasteiger charge is -2.08. The number of nitrogens with zero attached hydrogens (tertiary/aromatic N) is 1. The van der Waals surface area contributed by atoms with Crippen LogP contribution in [0.15, 0.2) is 45.9 Å². The van der Waals surface area contributed by atoms with E-state index in [4.69, 9.17) is 0 Å². The molecular weight excluding hydrogens is 342 g/mol. The third-order valence-electron chi connectivity index (χ3n) is 2.15. The highest BCUT2D eigenvalue weighted by Crippen LogP contribution is 2.24. The van der Waals surface area contributed by atoms with Gasteiger partial charge in [-0.25, -0.2) is 22.2 Å². The van der Waals surface area contributed by atoms with Crippen LogP contribution in [-0.2, 0) is 10.0 Å². The van der Waals surface area contributed by atoms with Crippen LogP contribution in [0.25, 0.3) is 0 Å². The maximum atomic E-state index is 13.1. The van der Waals surface area contributed by atoms with Gasteiger partial charge in [0.25, 0.3) is 10.0 Å². The molecule has 100 valence electrons. The molecule has 0 fully saturated rings. The van der Waals surface area contributed by atoms with E-state index in [0.29, 0.717) is 0 Å². The molecule has 0 radical (unpaired) electrons. The van der Waals surface area contributed by atoms with Crippen LogP contribution in [-0.4, -0.2) is 13.4 Å². The summed E-state index contributed by atoms with van der Waals surface area (Å²) in [5, 5.41) is 0. The number of halogens is 3. The molecule has 0 unspecified atom stereocenters. The van der Waals surface area contributed by atoms with Crippen molar-refractivity contribution in [2.24, 2.45) is 0 Å². The Bertz CT molecular complexity index is 705. The molecular formula is C11H7BrF2N2O2S. The zero-order chi connectivity index (χ0) is 14.0. The maximum absolute atomic E-state index is 13.1. The molecule has 0 amide bonds. The maximum Gasteiger partial charge on any atom is 0.264 e. The summed E-state index contributed by atoms with van der Waals surface area (Å²) in [5.74, 6) is -1.33. The summed E-state index contributed by atoms with van der Waals surface area (Å²) in [6.07, 6.45) is 0.873. The van der Waals surface area contributed by atoms with Gasteiger partial charge in [-0.2, -0.15) is 0 Å². The van der Waals surface area contributed by atoms with Crippen LogP contribution < -0.4 is 4.72 Å². The number of aromatic nitrogens is 1. The van der Waals surface area contributed by atoms with E-state index in [1.54, 1.807) is 0 Å². The van der Waals surface area contributed by atoms with Crippen LogP contribution in [0.1, 0.15) is 0 Å². The topological polar surface area (TPSA) is 59.1 Å². The second-order valence-electron chi connectivity index (χ2n) is 3.54. The van der Waals surface area contributed by atoms with Crippen molar-refractivity contribution in [3.63, 3.8) is 0 Å². The lowest BCUT2D eigenvalue weighted by atomic mass is 10.3. The summed E-state index contributed by atoms with van der Waals surface area (Å²) in [7, 11) is -4.00. The summed E-state index contributed by atoms with van der Waals surface area (Å²) in [6.45, 7) is 0. The van der Waals surface area contributed by atoms with Gasteiger partial charge in [-0.05, 0) is 46.3 Å². The third kappa shape index (κ3) is 3.27. The molecule has 0 saturated heterocycles. The van der Waals surface area contributed by atoms with Crippen molar-refractivity contribution in [1.29, 1.82) is 0 Å². The molecule has 0 aliphatic rings.